The number of ketones is 1. The van der Waals surface area contributed by atoms with Gasteiger partial charge in [0.15, 0.2) is 5.76 Å². The van der Waals surface area contributed by atoms with E-state index in [1.165, 1.54) is 12.7 Å². The standard InChI is InChI=1S/C12H18N2O2/c13-7-10-3-1-5-14(8-10)9-11(15)12-4-2-6-16-12/h2,4,6,10H,1,3,5,7-9,13H2. The third-order valence-corrected chi connectivity index (χ3v) is 3.10. The maximum absolute atomic E-state index is 11.8. The first kappa shape index (κ1) is 11.4. The molecule has 0 spiro atoms. The summed E-state index contributed by atoms with van der Waals surface area (Å²) in [5.74, 6) is 1.05. The smallest absolute Gasteiger partial charge is 0.211 e. The maximum Gasteiger partial charge on any atom is 0.211 e. The first-order valence-electron chi connectivity index (χ1n) is 5.78. The minimum absolute atomic E-state index is 0.0580. The number of likely N-dealkylation sites (tertiary alicyclic amines) is 1. The fraction of sp³-hybridized carbons (Fsp3) is 0.583. The van der Waals surface area contributed by atoms with Crippen LogP contribution >= 0.6 is 0 Å². The van der Waals surface area contributed by atoms with E-state index in [0.717, 1.165) is 19.5 Å². The molecule has 1 atom stereocenters. The van der Waals surface area contributed by atoms with Crippen LogP contribution in [0.25, 0.3) is 0 Å². The molecule has 0 saturated carbocycles. The molecule has 1 aromatic rings. The number of nitrogens with zero attached hydrogens (tertiary/aromatic N) is 1. The van der Waals surface area contributed by atoms with Gasteiger partial charge in [0.1, 0.15) is 0 Å². The molecule has 2 rings (SSSR count). The number of carbonyl (C=O) groups is 1. The lowest BCUT2D eigenvalue weighted by Gasteiger charge is -2.31. The Bertz CT molecular complexity index is 335. The molecule has 1 aliphatic rings. The SMILES string of the molecule is NCC1CCCN(CC(=O)c2ccco2)C1. The first-order valence-corrected chi connectivity index (χ1v) is 5.78. The zero-order valence-corrected chi connectivity index (χ0v) is 9.39. The van der Waals surface area contributed by atoms with Crippen LogP contribution in [-0.2, 0) is 0 Å². The number of nitrogens with two attached hydrogens (primary N) is 1. The van der Waals surface area contributed by atoms with Crippen LogP contribution in [0.3, 0.4) is 0 Å². The van der Waals surface area contributed by atoms with Crippen molar-refractivity contribution < 1.29 is 9.21 Å². The molecule has 2 N–H and O–H groups in total. The van der Waals surface area contributed by atoms with E-state index in [-0.39, 0.29) is 5.78 Å². The second-order valence-corrected chi connectivity index (χ2v) is 4.38. The van der Waals surface area contributed by atoms with E-state index in [2.05, 4.69) is 4.90 Å². The van der Waals surface area contributed by atoms with Crippen LogP contribution in [0.2, 0.25) is 0 Å². The number of Topliss-reactive ketones (excluding diaryl/α,β-unsaturated/α-hetero) is 1. The summed E-state index contributed by atoms with van der Waals surface area (Å²) in [6, 6.07) is 3.46. The molecule has 0 aliphatic carbocycles. The molecule has 0 aromatic carbocycles. The van der Waals surface area contributed by atoms with E-state index in [1.54, 1.807) is 12.1 Å². The summed E-state index contributed by atoms with van der Waals surface area (Å²) >= 11 is 0. The quantitative estimate of drug-likeness (QED) is 0.776. The molecule has 1 aliphatic heterocycles. The molecule has 4 nitrogen and oxygen atoms in total. The number of carbonyl (C=O) groups excluding carboxylic acids is 1. The second kappa shape index (κ2) is 5.27. The van der Waals surface area contributed by atoms with Crippen LogP contribution in [0.5, 0.6) is 0 Å². The predicted molar refractivity (Wildman–Crippen MR) is 61.3 cm³/mol. The van der Waals surface area contributed by atoms with Gasteiger partial charge in [0, 0.05) is 6.54 Å². The fourth-order valence-corrected chi connectivity index (χ4v) is 2.21. The van der Waals surface area contributed by atoms with Crippen LogP contribution in [-0.4, -0.2) is 36.9 Å². The van der Waals surface area contributed by atoms with Crippen molar-refractivity contribution >= 4 is 5.78 Å². The fourth-order valence-electron chi connectivity index (χ4n) is 2.21. The van der Waals surface area contributed by atoms with Gasteiger partial charge >= 0.3 is 0 Å². The Morgan fingerprint density at radius 1 is 1.62 bits per heavy atom. The van der Waals surface area contributed by atoms with Gasteiger partial charge in [-0.15, -0.1) is 0 Å². The molecular weight excluding hydrogens is 204 g/mol. The minimum atomic E-state index is 0.0580. The molecule has 1 saturated heterocycles. The molecule has 2 heterocycles. The highest BCUT2D eigenvalue weighted by Gasteiger charge is 2.21. The van der Waals surface area contributed by atoms with Crippen molar-refractivity contribution in [2.75, 3.05) is 26.2 Å². The van der Waals surface area contributed by atoms with E-state index < -0.39 is 0 Å². The highest BCUT2D eigenvalue weighted by Crippen LogP contribution is 2.15. The monoisotopic (exact) mass is 222 g/mol. The van der Waals surface area contributed by atoms with Gasteiger partial charge < -0.3 is 10.2 Å². The van der Waals surface area contributed by atoms with Crippen molar-refractivity contribution in [2.45, 2.75) is 12.8 Å². The molecule has 4 heteroatoms. The van der Waals surface area contributed by atoms with Crippen molar-refractivity contribution in [1.82, 2.24) is 4.90 Å². The van der Waals surface area contributed by atoms with E-state index in [9.17, 15) is 4.79 Å². The van der Waals surface area contributed by atoms with E-state index >= 15 is 0 Å². The molecule has 0 bridgehead atoms. The maximum atomic E-state index is 11.8. The highest BCUT2D eigenvalue weighted by molar-refractivity contribution is 5.94. The minimum Gasteiger partial charge on any atom is -0.461 e. The van der Waals surface area contributed by atoms with Crippen molar-refractivity contribution in [3.05, 3.63) is 24.2 Å². The van der Waals surface area contributed by atoms with Crippen LogP contribution in [0.4, 0.5) is 0 Å². The Balaban J connectivity index is 1.87. The summed E-state index contributed by atoms with van der Waals surface area (Å²) in [6.45, 7) is 3.08. The first-order chi connectivity index (χ1) is 7.79. The van der Waals surface area contributed by atoms with Gasteiger partial charge in [-0.1, -0.05) is 0 Å². The predicted octanol–water partition coefficient (Wildman–Crippen LogP) is 1.13. The molecule has 16 heavy (non-hydrogen) atoms. The summed E-state index contributed by atoms with van der Waals surface area (Å²) in [5.41, 5.74) is 5.66. The molecule has 0 amide bonds. The Morgan fingerprint density at radius 3 is 3.19 bits per heavy atom. The average Bonchev–Trinajstić information content (AvgIpc) is 2.83. The van der Waals surface area contributed by atoms with E-state index in [1.807, 2.05) is 0 Å². The Morgan fingerprint density at radius 2 is 2.50 bits per heavy atom. The largest absolute Gasteiger partial charge is 0.461 e. The highest BCUT2D eigenvalue weighted by atomic mass is 16.3. The summed E-state index contributed by atoms with van der Waals surface area (Å²) in [6.07, 6.45) is 3.85. The summed E-state index contributed by atoms with van der Waals surface area (Å²) in [7, 11) is 0. The molecule has 1 unspecified atom stereocenters. The van der Waals surface area contributed by atoms with Crippen molar-refractivity contribution in [1.29, 1.82) is 0 Å². The Labute approximate surface area is 95.4 Å². The van der Waals surface area contributed by atoms with Gasteiger partial charge in [-0.2, -0.15) is 0 Å². The number of furan rings is 1. The number of hydrogen-bond acceptors (Lipinski definition) is 4. The van der Waals surface area contributed by atoms with Crippen molar-refractivity contribution in [2.24, 2.45) is 11.7 Å². The zero-order valence-electron chi connectivity index (χ0n) is 9.39. The molecular formula is C12H18N2O2. The van der Waals surface area contributed by atoms with Crippen LogP contribution < -0.4 is 5.73 Å². The molecule has 0 radical (unpaired) electrons. The zero-order chi connectivity index (χ0) is 11.4. The summed E-state index contributed by atoms with van der Waals surface area (Å²) in [4.78, 5) is 14.0. The average molecular weight is 222 g/mol. The summed E-state index contributed by atoms with van der Waals surface area (Å²) < 4.78 is 5.09. The van der Waals surface area contributed by atoms with Crippen molar-refractivity contribution in [3.63, 3.8) is 0 Å². The second-order valence-electron chi connectivity index (χ2n) is 4.38. The molecule has 88 valence electrons. The molecule has 1 fully saturated rings. The van der Waals surface area contributed by atoms with Crippen LogP contribution in [0, 0.1) is 5.92 Å². The molecule has 1 aromatic heterocycles. The van der Waals surface area contributed by atoms with E-state index in [4.69, 9.17) is 10.2 Å². The number of rotatable bonds is 4. The van der Waals surface area contributed by atoms with Gasteiger partial charge in [-0.3, -0.25) is 9.69 Å². The van der Waals surface area contributed by atoms with Crippen LogP contribution in [0.1, 0.15) is 23.4 Å². The Hall–Kier alpha value is -1.13. The van der Waals surface area contributed by atoms with Crippen LogP contribution in [0.15, 0.2) is 22.8 Å². The van der Waals surface area contributed by atoms with Gasteiger partial charge in [-0.25, -0.2) is 0 Å². The number of hydrogen-bond donors (Lipinski definition) is 1. The van der Waals surface area contributed by atoms with Crippen molar-refractivity contribution in [3.8, 4) is 0 Å². The Kier molecular flexibility index (Phi) is 3.74. The van der Waals surface area contributed by atoms with Gasteiger partial charge in [0.25, 0.3) is 0 Å². The third kappa shape index (κ3) is 2.71. The number of piperidine rings is 1. The lowest BCUT2D eigenvalue weighted by Crippen LogP contribution is -2.40. The normalized spacial score (nSPS) is 22.2. The third-order valence-electron chi connectivity index (χ3n) is 3.10. The lowest BCUT2D eigenvalue weighted by molar-refractivity contribution is 0.0862. The van der Waals surface area contributed by atoms with Gasteiger partial charge in [0.2, 0.25) is 5.78 Å². The topological polar surface area (TPSA) is 59.5 Å². The van der Waals surface area contributed by atoms with Gasteiger partial charge in [0.05, 0.1) is 12.8 Å². The lowest BCUT2D eigenvalue weighted by atomic mass is 9.98. The van der Waals surface area contributed by atoms with E-state index in [0.29, 0.717) is 24.8 Å². The summed E-state index contributed by atoms with van der Waals surface area (Å²) in [5, 5.41) is 0. The van der Waals surface area contributed by atoms with Gasteiger partial charge in [-0.05, 0) is 44.0 Å².